The first kappa shape index (κ1) is 15.1. The Labute approximate surface area is 123 Å². The van der Waals surface area contributed by atoms with Gasteiger partial charge in [0.15, 0.2) is 0 Å². The van der Waals surface area contributed by atoms with Gasteiger partial charge in [0.05, 0.1) is 7.11 Å². The van der Waals surface area contributed by atoms with Gasteiger partial charge in [0.25, 0.3) is 0 Å². The summed E-state index contributed by atoms with van der Waals surface area (Å²) in [5, 5.41) is 9.10. The lowest BCUT2D eigenvalue weighted by atomic mass is 10.1. The standard InChI is InChI=1S/C16H19NO4/c1-11-5-7-14(21-2)12(10-11)6-8-15(18)17-9-3-4-13(17)16(19)20/h5-8,10,13H,3-4,9H2,1-2H3,(H,19,20)/t13-/m1/s1. The number of carboxylic acids is 1. The van der Waals surface area contributed by atoms with Crippen molar-refractivity contribution in [1.29, 1.82) is 0 Å². The predicted molar refractivity (Wildman–Crippen MR) is 79.1 cm³/mol. The van der Waals surface area contributed by atoms with E-state index >= 15 is 0 Å². The fourth-order valence-electron chi connectivity index (χ4n) is 2.53. The van der Waals surface area contributed by atoms with Crippen molar-refractivity contribution in [1.82, 2.24) is 4.90 Å². The average molecular weight is 289 g/mol. The summed E-state index contributed by atoms with van der Waals surface area (Å²) in [7, 11) is 1.57. The van der Waals surface area contributed by atoms with Gasteiger partial charge in [0, 0.05) is 18.2 Å². The summed E-state index contributed by atoms with van der Waals surface area (Å²) >= 11 is 0. The number of carboxylic acid groups (broad SMARTS) is 1. The van der Waals surface area contributed by atoms with E-state index in [0.717, 1.165) is 17.5 Å². The maximum atomic E-state index is 12.2. The molecule has 112 valence electrons. The van der Waals surface area contributed by atoms with Gasteiger partial charge in [-0.15, -0.1) is 0 Å². The minimum absolute atomic E-state index is 0.275. The molecule has 0 saturated carbocycles. The van der Waals surface area contributed by atoms with E-state index in [0.29, 0.717) is 18.7 Å². The highest BCUT2D eigenvalue weighted by Crippen LogP contribution is 2.22. The van der Waals surface area contributed by atoms with Crippen LogP contribution in [0.1, 0.15) is 24.0 Å². The first-order valence-electron chi connectivity index (χ1n) is 6.89. The van der Waals surface area contributed by atoms with Crippen molar-refractivity contribution in [3.05, 3.63) is 35.4 Å². The Bertz CT molecular complexity index is 580. The zero-order chi connectivity index (χ0) is 15.4. The van der Waals surface area contributed by atoms with Gasteiger partial charge in [-0.05, 0) is 38.0 Å². The Kier molecular flexibility index (Phi) is 4.62. The minimum atomic E-state index is -0.942. The third-order valence-electron chi connectivity index (χ3n) is 3.61. The van der Waals surface area contributed by atoms with Crippen LogP contribution < -0.4 is 4.74 Å². The number of carbonyl (C=O) groups is 2. The lowest BCUT2D eigenvalue weighted by Gasteiger charge is -2.19. The van der Waals surface area contributed by atoms with Crippen LogP contribution >= 0.6 is 0 Å². The van der Waals surface area contributed by atoms with Crippen LogP contribution in [0.25, 0.3) is 6.08 Å². The molecule has 5 nitrogen and oxygen atoms in total. The quantitative estimate of drug-likeness (QED) is 0.862. The normalized spacial score (nSPS) is 18.2. The van der Waals surface area contributed by atoms with Crippen LogP contribution in [-0.2, 0) is 9.59 Å². The van der Waals surface area contributed by atoms with Crippen LogP contribution in [0, 0.1) is 6.92 Å². The van der Waals surface area contributed by atoms with Crippen molar-refractivity contribution in [2.24, 2.45) is 0 Å². The smallest absolute Gasteiger partial charge is 0.326 e. The molecule has 1 fully saturated rings. The number of aryl methyl sites for hydroxylation is 1. The van der Waals surface area contributed by atoms with Gasteiger partial charge in [-0.1, -0.05) is 11.6 Å². The average Bonchev–Trinajstić information content (AvgIpc) is 2.94. The molecule has 1 saturated heterocycles. The summed E-state index contributed by atoms with van der Waals surface area (Å²) in [6, 6.07) is 4.98. The number of nitrogens with zero attached hydrogens (tertiary/aromatic N) is 1. The third kappa shape index (κ3) is 3.42. The van der Waals surface area contributed by atoms with Crippen molar-refractivity contribution >= 4 is 18.0 Å². The number of aliphatic carboxylic acids is 1. The number of ether oxygens (including phenoxy) is 1. The first-order valence-corrected chi connectivity index (χ1v) is 6.89. The van der Waals surface area contributed by atoms with Gasteiger partial charge in [0.2, 0.25) is 5.91 Å². The molecule has 5 heteroatoms. The Hall–Kier alpha value is -2.30. The number of methoxy groups -OCH3 is 1. The maximum Gasteiger partial charge on any atom is 0.326 e. The molecule has 2 rings (SSSR count). The highest BCUT2D eigenvalue weighted by Gasteiger charge is 2.32. The van der Waals surface area contributed by atoms with Crippen molar-refractivity contribution in [3.8, 4) is 5.75 Å². The molecule has 1 atom stereocenters. The molecule has 0 unspecified atom stereocenters. The molecule has 0 radical (unpaired) electrons. The SMILES string of the molecule is COc1ccc(C)cc1C=CC(=O)N1CCC[C@@H]1C(=O)O. The lowest BCUT2D eigenvalue weighted by molar-refractivity contribution is -0.146. The van der Waals surface area contributed by atoms with E-state index < -0.39 is 12.0 Å². The topological polar surface area (TPSA) is 66.8 Å². The molecule has 1 heterocycles. The van der Waals surface area contributed by atoms with Crippen LogP contribution in [0.5, 0.6) is 5.75 Å². The second kappa shape index (κ2) is 6.43. The Morgan fingerprint density at radius 3 is 2.86 bits per heavy atom. The number of benzene rings is 1. The van der Waals surface area contributed by atoms with E-state index in [2.05, 4.69) is 0 Å². The molecular weight excluding hydrogens is 270 g/mol. The molecule has 0 aromatic heterocycles. The summed E-state index contributed by atoms with van der Waals surface area (Å²) in [5.41, 5.74) is 1.87. The van der Waals surface area contributed by atoms with Gasteiger partial charge in [0.1, 0.15) is 11.8 Å². The van der Waals surface area contributed by atoms with Gasteiger partial charge in [-0.25, -0.2) is 4.79 Å². The van der Waals surface area contributed by atoms with E-state index in [-0.39, 0.29) is 5.91 Å². The van der Waals surface area contributed by atoms with Gasteiger partial charge >= 0.3 is 5.97 Å². The molecule has 1 N–H and O–H groups in total. The van der Waals surface area contributed by atoms with E-state index in [4.69, 9.17) is 9.84 Å². The van der Waals surface area contributed by atoms with Crippen molar-refractivity contribution in [2.45, 2.75) is 25.8 Å². The number of hydrogen-bond donors (Lipinski definition) is 1. The molecular formula is C16H19NO4. The number of amides is 1. The van der Waals surface area contributed by atoms with Crippen molar-refractivity contribution in [3.63, 3.8) is 0 Å². The number of rotatable bonds is 4. The van der Waals surface area contributed by atoms with Crippen LogP contribution in [0.3, 0.4) is 0 Å². The monoisotopic (exact) mass is 289 g/mol. The van der Waals surface area contributed by atoms with Crippen molar-refractivity contribution < 1.29 is 19.4 Å². The summed E-state index contributed by atoms with van der Waals surface area (Å²) in [6.07, 6.45) is 4.33. The number of carbonyl (C=O) groups excluding carboxylic acids is 1. The second-order valence-corrected chi connectivity index (χ2v) is 5.11. The molecule has 1 amide bonds. The molecule has 0 aliphatic carbocycles. The highest BCUT2D eigenvalue weighted by molar-refractivity contribution is 5.95. The Morgan fingerprint density at radius 2 is 2.19 bits per heavy atom. The van der Waals surface area contributed by atoms with Crippen LogP contribution in [0.4, 0.5) is 0 Å². The van der Waals surface area contributed by atoms with E-state index in [1.807, 2.05) is 25.1 Å². The van der Waals surface area contributed by atoms with Crippen LogP contribution in [0.15, 0.2) is 24.3 Å². The van der Waals surface area contributed by atoms with Gasteiger partial charge in [-0.2, -0.15) is 0 Å². The second-order valence-electron chi connectivity index (χ2n) is 5.11. The highest BCUT2D eigenvalue weighted by atomic mass is 16.5. The molecule has 0 bridgehead atoms. The fraction of sp³-hybridized carbons (Fsp3) is 0.375. The van der Waals surface area contributed by atoms with Crippen molar-refractivity contribution in [2.75, 3.05) is 13.7 Å². The molecule has 0 spiro atoms. The zero-order valence-electron chi connectivity index (χ0n) is 12.2. The number of likely N-dealkylation sites (tertiary alicyclic amines) is 1. The lowest BCUT2D eigenvalue weighted by Crippen LogP contribution is -2.39. The van der Waals surface area contributed by atoms with Gasteiger partial charge in [-0.3, -0.25) is 4.79 Å². The van der Waals surface area contributed by atoms with E-state index in [1.165, 1.54) is 11.0 Å². The summed E-state index contributed by atoms with van der Waals surface area (Å²) in [4.78, 5) is 24.7. The van der Waals surface area contributed by atoms with Crippen LogP contribution in [0.2, 0.25) is 0 Å². The van der Waals surface area contributed by atoms with E-state index in [1.54, 1.807) is 13.2 Å². The van der Waals surface area contributed by atoms with Crippen LogP contribution in [-0.4, -0.2) is 41.6 Å². The van der Waals surface area contributed by atoms with Gasteiger partial charge < -0.3 is 14.7 Å². The van der Waals surface area contributed by atoms with E-state index in [9.17, 15) is 9.59 Å². The minimum Gasteiger partial charge on any atom is -0.496 e. The summed E-state index contributed by atoms with van der Waals surface area (Å²) in [5.74, 6) is -0.535. The maximum absolute atomic E-state index is 12.2. The number of hydrogen-bond acceptors (Lipinski definition) is 3. The first-order chi connectivity index (χ1) is 10.0. The fourth-order valence-corrected chi connectivity index (χ4v) is 2.53. The summed E-state index contributed by atoms with van der Waals surface area (Å²) in [6.45, 7) is 2.45. The molecule has 1 aromatic rings. The Balaban J connectivity index is 2.15. The third-order valence-corrected chi connectivity index (χ3v) is 3.61. The molecule has 1 aromatic carbocycles. The Morgan fingerprint density at radius 1 is 1.43 bits per heavy atom. The molecule has 21 heavy (non-hydrogen) atoms. The largest absolute Gasteiger partial charge is 0.496 e. The predicted octanol–water partition coefficient (Wildman–Crippen LogP) is 2.09. The zero-order valence-corrected chi connectivity index (χ0v) is 12.2. The summed E-state index contributed by atoms with van der Waals surface area (Å²) < 4.78 is 5.25. The molecule has 1 aliphatic rings. The molecule has 1 aliphatic heterocycles.